The molecule has 1 heterocycles. The number of aromatic amines is 1. The van der Waals surface area contributed by atoms with Crippen LogP contribution in [-0.2, 0) is 16.6 Å². The van der Waals surface area contributed by atoms with Crippen molar-refractivity contribution in [2.75, 3.05) is 13.6 Å². The van der Waals surface area contributed by atoms with Gasteiger partial charge in [-0.25, -0.2) is 13.1 Å². The van der Waals surface area contributed by atoms with Gasteiger partial charge in [-0.2, -0.15) is 18.3 Å². The molecule has 0 aromatic carbocycles. The van der Waals surface area contributed by atoms with Crippen molar-refractivity contribution in [2.24, 2.45) is 0 Å². The highest BCUT2D eigenvalue weighted by Gasteiger charge is 2.27. The molecule has 0 unspecified atom stereocenters. The van der Waals surface area contributed by atoms with Gasteiger partial charge in [0.2, 0.25) is 10.0 Å². The molecule has 0 saturated carbocycles. The molecule has 3 N–H and O–H groups in total. The first-order chi connectivity index (χ1) is 9.17. The molecule has 20 heavy (non-hydrogen) atoms. The van der Waals surface area contributed by atoms with Crippen LogP contribution in [0.25, 0.3) is 0 Å². The number of aryl methyl sites for hydroxylation is 1. The lowest BCUT2D eigenvalue weighted by Gasteiger charge is -2.09. The van der Waals surface area contributed by atoms with Gasteiger partial charge in [0.05, 0.1) is 11.4 Å². The first-order valence-electron chi connectivity index (χ1n) is 5.92. The largest absolute Gasteiger partial charge is 0.389 e. The minimum Gasteiger partial charge on any atom is -0.314 e. The van der Waals surface area contributed by atoms with Gasteiger partial charge < -0.3 is 5.32 Å². The Labute approximate surface area is 115 Å². The zero-order chi connectivity index (χ0) is 15.4. The lowest BCUT2D eigenvalue weighted by molar-refractivity contribution is -0.135. The highest BCUT2D eigenvalue weighted by atomic mass is 32.2. The third kappa shape index (κ3) is 4.76. The van der Waals surface area contributed by atoms with Crippen LogP contribution >= 0.6 is 0 Å². The van der Waals surface area contributed by atoms with E-state index in [1.54, 1.807) is 7.05 Å². The van der Waals surface area contributed by atoms with E-state index in [0.717, 1.165) is 0 Å². The maximum Gasteiger partial charge on any atom is 0.389 e. The average molecular weight is 314 g/mol. The van der Waals surface area contributed by atoms with Crippen LogP contribution in [0, 0.1) is 6.92 Å². The van der Waals surface area contributed by atoms with Crippen LogP contribution in [0.3, 0.4) is 0 Å². The number of hydrogen-bond donors (Lipinski definition) is 3. The number of sulfonamides is 1. The number of alkyl halides is 3. The third-order valence-electron chi connectivity index (χ3n) is 2.50. The number of rotatable bonds is 7. The average Bonchev–Trinajstić information content (AvgIpc) is 2.66. The summed E-state index contributed by atoms with van der Waals surface area (Å²) in [5, 5.41) is 9.18. The summed E-state index contributed by atoms with van der Waals surface area (Å²) in [6.07, 6.45) is -5.61. The first kappa shape index (κ1) is 16.9. The molecule has 6 nitrogen and oxygen atoms in total. The van der Waals surface area contributed by atoms with Crippen LogP contribution in [0.1, 0.15) is 24.2 Å². The molecule has 0 aliphatic heterocycles. The minimum atomic E-state index is -4.28. The van der Waals surface area contributed by atoms with Gasteiger partial charge in [-0.05, 0) is 20.4 Å². The van der Waals surface area contributed by atoms with Gasteiger partial charge in [-0.3, -0.25) is 5.10 Å². The second kappa shape index (κ2) is 6.55. The van der Waals surface area contributed by atoms with Gasteiger partial charge in [0.25, 0.3) is 0 Å². The van der Waals surface area contributed by atoms with E-state index in [0.29, 0.717) is 11.4 Å². The molecule has 0 fully saturated rings. The fraction of sp³-hybridized carbons (Fsp3) is 0.700. The van der Waals surface area contributed by atoms with Crippen molar-refractivity contribution >= 4 is 10.0 Å². The van der Waals surface area contributed by atoms with Crippen LogP contribution in [-0.4, -0.2) is 38.4 Å². The number of hydrogen-bond acceptors (Lipinski definition) is 4. The highest BCUT2D eigenvalue weighted by molar-refractivity contribution is 7.89. The standard InChI is InChI=1S/C10H17F3N4O2S/c1-7-9(8(6-14-2)17-16-7)20(18,19)15-5-3-4-10(11,12)13/h14-15H,3-6H2,1-2H3,(H,16,17). The van der Waals surface area contributed by atoms with E-state index >= 15 is 0 Å². The monoisotopic (exact) mass is 314 g/mol. The first-order valence-corrected chi connectivity index (χ1v) is 7.40. The molecule has 0 aliphatic carbocycles. The lowest BCUT2D eigenvalue weighted by Crippen LogP contribution is -2.27. The number of nitrogens with zero attached hydrogens (tertiary/aromatic N) is 1. The Kier molecular flexibility index (Phi) is 5.54. The number of H-pyrrole nitrogens is 1. The normalized spacial score (nSPS) is 12.8. The molecule has 1 aromatic heterocycles. The van der Waals surface area contributed by atoms with Crippen molar-refractivity contribution in [2.45, 2.75) is 37.4 Å². The van der Waals surface area contributed by atoms with Gasteiger partial charge in [-0.1, -0.05) is 0 Å². The molecule has 0 radical (unpaired) electrons. The van der Waals surface area contributed by atoms with E-state index < -0.39 is 22.6 Å². The molecule has 0 amide bonds. The van der Waals surface area contributed by atoms with Crippen LogP contribution in [0.5, 0.6) is 0 Å². The molecule has 0 atom stereocenters. The highest BCUT2D eigenvalue weighted by Crippen LogP contribution is 2.21. The summed E-state index contributed by atoms with van der Waals surface area (Å²) >= 11 is 0. The molecule has 0 bridgehead atoms. The second-order valence-electron chi connectivity index (χ2n) is 4.27. The van der Waals surface area contributed by atoms with Crippen LogP contribution < -0.4 is 10.0 Å². The van der Waals surface area contributed by atoms with Crippen molar-refractivity contribution in [3.8, 4) is 0 Å². The maximum absolute atomic E-state index is 12.1. The summed E-state index contributed by atoms with van der Waals surface area (Å²) in [7, 11) is -2.23. The van der Waals surface area contributed by atoms with Gasteiger partial charge >= 0.3 is 6.18 Å². The number of nitrogens with one attached hydrogen (secondary N) is 3. The summed E-state index contributed by atoms with van der Waals surface area (Å²) in [6.45, 7) is 1.50. The van der Waals surface area contributed by atoms with Gasteiger partial charge in [0, 0.05) is 19.5 Å². The van der Waals surface area contributed by atoms with E-state index in [4.69, 9.17) is 0 Å². The van der Waals surface area contributed by atoms with Crippen molar-refractivity contribution in [1.82, 2.24) is 20.2 Å². The molecule has 1 rings (SSSR count). The molecular formula is C10H17F3N4O2S. The Morgan fingerprint density at radius 3 is 2.55 bits per heavy atom. The van der Waals surface area contributed by atoms with Gasteiger partial charge in [0.15, 0.2) is 0 Å². The van der Waals surface area contributed by atoms with Crippen LogP contribution in [0.4, 0.5) is 13.2 Å². The fourth-order valence-electron chi connectivity index (χ4n) is 1.68. The quantitative estimate of drug-likeness (QED) is 0.657. The molecule has 0 aliphatic rings. The molecule has 1 aromatic rings. The third-order valence-corrected chi connectivity index (χ3v) is 4.17. The zero-order valence-electron chi connectivity index (χ0n) is 11.1. The van der Waals surface area contributed by atoms with E-state index in [-0.39, 0.29) is 24.4 Å². The Hall–Kier alpha value is -1.13. The summed E-state index contributed by atoms with van der Waals surface area (Å²) < 4.78 is 62.2. The molecule has 116 valence electrons. The van der Waals surface area contributed by atoms with Gasteiger partial charge in [-0.15, -0.1) is 0 Å². The molecule has 10 heteroatoms. The predicted octanol–water partition coefficient (Wildman–Crippen LogP) is 1.06. The number of aromatic nitrogens is 2. The van der Waals surface area contributed by atoms with E-state index in [1.165, 1.54) is 6.92 Å². The van der Waals surface area contributed by atoms with E-state index in [2.05, 4.69) is 20.2 Å². The Morgan fingerprint density at radius 2 is 2.00 bits per heavy atom. The molecular weight excluding hydrogens is 297 g/mol. The Balaban J connectivity index is 2.72. The predicted molar refractivity (Wildman–Crippen MR) is 66.6 cm³/mol. The maximum atomic E-state index is 12.1. The summed E-state index contributed by atoms with van der Waals surface area (Å²) in [5.74, 6) is 0. The second-order valence-corrected chi connectivity index (χ2v) is 5.98. The summed E-state index contributed by atoms with van der Waals surface area (Å²) in [5.41, 5.74) is 0.645. The Bertz CT molecular complexity index is 539. The molecule has 0 saturated heterocycles. The summed E-state index contributed by atoms with van der Waals surface area (Å²) in [6, 6.07) is 0. The van der Waals surface area contributed by atoms with Crippen LogP contribution in [0.2, 0.25) is 0 Å². The fourth-order valence-corrected chi connectivity index (χ4v) is 3.11. The van der Waals surface area contributed by atoms with Gasteiger partial charge in [0.1, 0.15) is 4.90 Å². The van der Waals surface area contributed by atoms with E-state index in [9.17, 15) is 21.6 Å². The topological polar surface area (TPSA) is 86.9 Å². The SMILES string of the molecule is CNCc1n[nH]c(C)c1S(=O)(=O)NCCCC(F)(F)F. The minimum absolute atomic E-state index is 0.0149. The smallest absolute Gasteiger partial charge is 0.314 e. The molecule has 0 spiro atoms. The zero-order valence-corrected chi connectivity index (χ0v) is 12.0. The van der Waals surface area contributed by atoms with Crippen molar-refractivity contribution in [3.63, 3.8) is 0 Å². The number of halogens is 3. The van der Waals surface area contributed by atoms with Crippen molar-refractivity contribution in [3.05, 3.63) is 11.4 Å². The van der Waals surface area contributed by atoms with Crippen LogP contribution in [0.15, 0.2) is 4.90 Å². The Morgan fingerprint density at radius 1 is 1.35 bits per heavy atom. The lowest BCUT2D eigenvalue weighted by atomic mass is 10.3. The van der Waals surface area contributed by atoms with Crippen molar-refractivity contribution < 1.29 is 21.6 Å². The van der Waals surface area contributed by atoms with Crippen molar-refractivity contribution in [1.29, 1.82) is 0 Å². The van der Waals surface area contributed by atoms with E-state index in [1.807, 2.05) is 0 Å². The summed E-state index contributed by atoms with van der Waals surface area (Å²) in [4.78, 5) is -0.0149.